The van der Waals surface area contributed by atoms with Gasteiger partial charge in [-0.2, -0.15) is 0 Å². The molecule has 23 heavy (non-hydrogen) atoms. The Morgan fingerprint density at radius 1 is 1.26 bits per heavy atom. The zero-order chi connectivity index (χ0) is 16.2. The number of aromatic hydroxyl groups is 1. The Hall–Kier alpha value is -2.82. The van der Waals surface area contributed by atoms with Crippen LogP contribution in [0.15, 0.2) is 55.0 Å². The lowest BCUT2D eigenvalue weighted by atomic mass is 10.1. The van der Waals surface area contributed by atoms with Gasteiger partial charge in [0.25, 0.3) is 5.91 Å². The Morgan fingerprint density at radius 2 is 2.04 bits per heavy atom. The fourth-order valence-corrected chi connectivity index (χ4v) is 2.48. The van der Waals surface area contributed by atoms with Crippen LogP contribution in [0.5, 0.6) is 5.75 Å². The van der Waals surface area contributed by atoms with Crippen LogP contribution in [0.25, 0.3) is 5.65 Å². The largest absolute Gasteiger partial charge is 0.508 e. The molecule has 0 spiro atoms. The molecule has 5 nitrogen and oxygen atoms in total. The van der Waals surface area contributed by atoms with E-state index < -0.39 is 0 Å². The summed E-state index contributed by atoms with van der Waals surface area (Å²) < 4.78 is 1.87. The summed E-state index contributed by atoms with van der Waals surface area (Å²) >= 11 is 0. The highest BCUT2D eigenvalue weighted by Crippen LogP contribution is 2.12. The molecule has 5 heteroatoms. The minimum Gasteiger partial charge on any atom is -0.508 e. The number of amides is 1. The van der Waals surface area contributed by atoms with E-state index in [9.17, 15) is 9.90 Å². The van der Waals surface area contributed by atoms with Crippen LogP contribution in [0.3, 0.4) is 0 Å². The van der Waals surface area contributed by atoms with Gasteiger partial charge in [-0.3, -0.25) is 4.79 Å². The van der Waals surface area contributed by atoms with Gasteiger partial charge in [-0.1, -0.05) is 12.1 Å². The quantitative estimate of drug-likeness (QED) is 0.761. The van der Waals surface area contributed by atoms with E-state index in [0.717, 1.165) is 24.1 Å². The Kier molecular flexibility index (Phi) is 4.28. The molecule has 1 unspecified atom stereocenters. The van der Waals surface area contributed by atoms with E-state index in [1.54, 1.807) is 30.5 Å². The van der Waals surface area contributed by atoms with Gasteiger partial charge >= 0.3 is 0 Å². The fraction of sp³-hybridized carbons (Fsp3) is 0.222. The lowest BCUT2D eigenvalue weighted by Gasteiger charge is -2.14. The molecule has 0 aliphatic carbocycles. The maximum absolute atomic E-state index is 12.3. The number of hydrogen-bond donors (Lipinski definition) is 2. The predicted octanol–water partition coefficient (Wildman–Crippen LogP) is 2.79. The third-order valence-corrected chi connectivity index (χ3v) is 3.84. The van der Waals surface area contributed by atoms with Crippen LogP contribution in [0.2, 0.25) is 0 Å². The second kappa shape index (κ2) is 6.52. The number of aryl methyl sites for hydroxylation is 1. The van der Waals surface area contributed by atoms with Gasteiger partial charge in [0.15, 0.2) is 0 Å². The van der Waals surface area contributed by atoms with Gasteiger partial charge in [0, 0.05) is 30.2 Å². The SMILES string of the molecule is CC(CCc1ccc(O)cc1)NC(=O)c1ccn2ccnc2c1. The molecule has 0 saturated carbocycles. The molecule has 0 fully saturated rings. The van der Waals surface area contributed by atoms with Gasteiger partial charge in [-0.05, 0) is 49.6 Å². The summed E-state index contributed by atoms with van der Waals surface area (Å²) in [7, 11) is 0. The predicted molar refractivity (Wildman–Crippen MR) is 88.5 cm³/mol. The first-order valence-electron chi connectivity index (χ1n) is 7.63. The van der Waals surface area contributed by atoms with Gasteiger partial charge in [0.1, 0.15) is 11.4 Å². The monoisotopic (exact) mass is 309 g/mol. The molecular weight excluding hydrogens is 290 g/mol. The number of nitrogens with zero attached hydrogens (tertiary/aromatic N) is 2. The molecule has 2 N–H and O–H groups in total. The standard InChI is InChI=1S/C18H19N3O2/c1-13(2-3-14-4-6-16(22)7-5-14)20-18(23)15-8-10-21-11-9-19-17(21)12-15/h4-13,22H,2-3H2,1H3,(H,20,23). The summed E-state index contributed by atoms with van der Waals surface area (Å²) in [5.74, 6) is 0.179. The number of nitrogens with one attached hydrogen (secondary N) is 1. The molecule has 118 valence electrons. The number of rotatable bonds is 5. The van der Waals surface area contributed by atoms with Crippen LogP contribution < -0.4 is 5.32 Å². The number of carbonyl (C=O) groups excluding carboxylic acids is 1. The zero-order valence-electron chi connectivity index (χ0n) is 12.9. The third kappa shape index (κ3) is 3.69. The maximum Gasteiger partial charge on any atom is 0.251 e. The van der Waals surface area contributed by atoms with Crippen LogP contribution >= 0.6 is 0 Å². The van der Waals surface area contributed by atoms with Crippen molar-refractivity contribution in [2.24, 2.45) is 0 Å². The van der Waals surface area contributed by atoms with Gasteiger partial charge in [0.05, 0.1) is 0 Å². The topological polar surface area (TPSA) is 66.6 Å². The fourth-order valence-electron chi connectivity index (χ4n) is 2.48. The molecule has 1 atom stereocenters. The molecule has 3 aromatic rings. The summed E-state index contributed by atoms with van der Waals surface area (Å²) in [5, 5.41) is 12.3. The number of benzene rings is 1. The molecule has 1 amide bonds. The molecule has 0 aliphatic rings. The molecule has 2 aromatic heterocycles. The Balaban J connectivity index is 1.57. The van der Waals surface area contributed by atoms with Gasteiger partial charge < -0.3 is 14.8 Å². The molecule has 1 aromatic carbocycles. The summed E-state index contributed by atoms with van der Waals surface area (Å²) in [4.78, 5) is 16.5. The average Bonchev–Trinajstić information content (AvgIpc) is 3.02. The van der Waals surface area contributed by atoms with Crippen molar-refractivity contribution in [2.75, 3.05) is 0 Å². The van der Waals surface area contributed by atoms with E-state index in [0.29, 0.717) is 5.56 Å². The van der Waals surface area contributed by atoms with E-state index >= 15 is 0 Å². The van der Waals surface area contributed by atoms with Gasteiger partial charge in [-0.15, -0.1) is 0 Å². The highest BCUT2D eigenvalue weighted by atomic mass is 16.3. The lowest BCUT2D eigenvalue weighted by Crippen LogP contribution is -2.32. The van der Waals surface area contributed by atoms with Gasteiger partial charge in [0.2, 0.25) is 0 Å². The van der Waals surface area contributed by atoms with Crippen molar-refractivity contribution in [1.29, 1.82) is 0 Å². The zero-order valence-corrected chi connectivity index (χ0v) is 12.9. The summed E-state index contributed by atoms with van der Waals surface area (Å²) in [5.41, 5.74) is 2.51. The highest BCUT2D eigenvalue weighted by Gasteiger charge is 2.11. The van der Waals surface area contributed by atoms with Crippen molar-refractivity contribution in [3.8, 4) is 5.75 Å². The minimum atomic E-state index is -0.0892. The smallest absolute Gasteiger partial charge is 0.251 e. The molecule has 0 saturated heterocycles. The molecule has 2 heterocycles. The van der Waals surface area contributed by atoms with Crippen LogP contribution in [0.4, 0.5) is 0 Å². The normalized spacial score (nSPS) is 12.2. The van der Waals surface area contributed by atoms with E-state index in [2.05, 4.69) is 10.3 Å². The first-order chi connectivity index (χ1) is 11.1. The molecule has 0 bridgehead atoms. The second-order valence-electron chi connectivity index (χ2n) is 5.69. The van der Waals surface area contributed by atoms with E-state index in [-0.39, 0.29) is 17.7 Å². The van der Waals surface area contributed by atoms with Gasteiger partial charge in [-0.25, -0.2) is 4.98 Å². The first-order valence-corrected chi connectivity index (χ1v) is 7.63. The number of aromatic nitrogens is 2. The number of hydrogen-bond acceptors (Lipinski definition) is 3. The number of phenols is 1. The van der Waals surface area contributed by atoms with Crippen LogP contribution in [-0.2, 0) is 6.42 Å². The number of phenolic OH excluding ortho intramolecular Hbond substituents is 1. The first kappa shape index (κ1) is 15.1. The summed E-state index contributed by atoms with van der Waals surface area (Å²) in [6.07, 6.45) is 7.07. The Morgan fingerprint density at radius 3 is 2.83 bits per heavy atom. The van der Waals surface area contributed by atoms with Crippen molar-refractivity contribution >= 4 is 11.6 Å². The van der Waals surface area contributed by atoms with Crippen molar-refractivity contribution in [1.82, 2.24) is 14.7 Å². The number of carbonyl (C=O) groups is 1. The van der Waals surface area contributed by atoms with Crippen LogP contribution in [0, 0.1) is 0 Å². The van der Waals surface area contributed by atoms with E-state index in [1.807, 2.05) is 35.9 Å². The van der Waals surface area contributed by atoms with Crippen molar-refractivity contribution in [3.05, 3.63) is 66.1 Å². The Labute approximate surface area is 134 Å². The van der Waals surface area contributed by atoms with Crippen LogP contribution in [0.1, 0.15) is 29.3 Å². The number of fused-ring (bicyclic) bond motifs is 1. The number of pyridine rings is 1. The summed E-state index contributed by atoms with van der Waals surface area (Å²) in [6, 6.07) is 10.8. The van der Waals surface area contributed by atoms with E-state index in [4.69, 9.17) is 0 Å². The molecular formula is C18H19N3O2. The van der Waals surface area contributed by atoms with Crippen molar-refractivity contribution in [2.45, 2.75) is 25.8 Å². The van der Waals surface area contributed by atoms with Crippen molar-refractivity contribution in [3.63, 3.8) is 0 Å². The molecule has 0 aliphatic heterocycles. The third-order valence-electron chi connectivity index (χ3n) is 3.84. The maximum atomic E-state index is 12.3. The van der Waals surface area contributed by atoms with Crippen molar-refractivity contribution < 1.29 is 9.90 Å². The highest BCUT2D eigenvalue weighted by molar-refractivity contribution is 5.95. The minimum absolute atomic E-state index is 0.0623. The molecule has 3 rings (SSSR count). The second-order valence-corrected chi connectivity index (χ2v) is 5.69. The molecule has 0 radical (unpaired) electrons. The lowest BCUT2D eigenvalue weighted by molar-refractivity contribution is 0.0938. The van der Waals surface area contributed by atoms with E-state index in [1.165, 1.54) is 0 Å². The Bertz CT molecular complexity index is 809. The number of imidazole rings is 1. The van der Waals surface area contributed by atoms with Crippen LogP contribution in [-0.4, -0.2) is 26.4 Å². The summed E-state index contributed by atoms with van der Waals surface area (Å²) in [6.45, 7) is 1.99. The average molecular weight is 309 g/mol.